The summed E-state index contributed by atoms with van der Waals surface area (Å²) in [4.78, 5) is -0.629. The summed E-state index contributed by atoms with van der Waals surface area (Å²) in [5.74, 6) is 0. The van der Waals surface area contributed by atoms with E-state index >= 15 is 0 Å². The minimum atomic E-state index is -4.46. The SMILES string of the molecule is O=S(=O)(O)C(=CCOCC=C(c1ccccc1)S(=O)(=O)O)c1ccccc1. The third-order valence-corrected chi connectivity index (χ3v) is 5.36. The first-order valence-electron chi connectivity index (χ1n) is 7.73. The van der Waals surface area contributed by atoms with Gasteiger partial charge in [0, 0.05) is 0 Å². The smallest absolute Gasteiger partial charge is 0.294 e. The summed E-state index contributed by atoms with van der Waals surface area (Å²) in [6, 6.07) is 16.0. The molecule has 27 heavy (non-hydrogen) atoms. The summed E-state index contributed by atoms with van der Waals surface area (Å²) >= 11 is 0. The predicted octanol–water partition coefficient (Wildman–Crippen LogP) is 2.86. The van der Waals surface area contributed by atoms with Crippen molar-refractivity contribution in [3.63, 3.8) is 0 Å². The van der Waals surface area contributed by atoms with E-state index in [2.05, 4.69) is 0 Å². The molecule has 0 aromatic heterocycles. The van der Waals surface area contributed by atoms with Crippen molar-refractivity contribution in [1.29, 1.82) is 0 Å². The lowest BCUT2D eigenvalue weighted by atomic mass is 10.2. The van der Waals surface area contributed by atoms with Crippen molar-refractivity contribution in [2.24, 2.45) is 0 Å². The second-order valence-corrected chi connectivity index (χ2v) is 8.14. The van der Waals surface area contributed by atoms with Gasteiger partial charge in [0.1, 0.15) is 0 Å². The van der Waals surface area contributed by atoms with E-state index in [1.165, 1.54) is 36.4 Å². The van der Waals surface area contributed by atoms with E-state index < -0.39 is 20.2 Å². The zero-order chi connectivity index (χ0) is 19.9. The maximum Gasteiger partial charge on any atom is 0.294 e. The summed E-state index contributed by atoms with van der Waals surface area (Å²) in [6.45, 7) is -0.401. The highest BCUT2D eigenvalue weighted by atomic mass is 32.2. The van der Waals surface area contributed by atoms with Crippen LogP contribution < -0.4 is 0 Å². The second-order valence-electron chi connectivity index (χ2n) is 5.36. The topological polar surface area (TPSA) is 118 Å². The number of ether oxygens (including phenoxy) is 1. The molecule has 2 aromatic rings. The highest BCUT2D eigenvalue weighted by molar-refractivity contribution is 7.95. The van der Waals surface area contributed by atoms with E-state index in [4.69, 9.17) is 4.74 Å². The Morgan fingerprint density at radius 1 is 0.704 bits per heavy atom. The zero-order valence-corrected chi connectivity index (χ0v) is 15.7. The van der Waals surface area contributed by atoms with Crippen molar-refractivity contribution in [2.45, 2.75) is 0 Å². The first kappa shape index (κ1) is 21.0. The zero-order valence-electron chi connectivity index (χ0n) is 14.1. The lowest BCUT2D eigenvalue weighted by Gasteiger charge is -2.06. The van der Waals surface area contributed by atoms with Crippen LogP contribution in [0.1, 0.15) is 11.1 Å². The first-order chi connectivity index (χ1) is 12.7. The van der Waals surface area contributed by atoms with Crippen molar-refractivity contribution in [3.05, 3.63) is 83.9 Å². The molecule has 144 valence electrons. The molecule has 0 atom stereocenters. The Kier molecular flexibility index (Phi) is 7.05. The molecule has 0 saturated heterocycles. The molecule has 9 heteroatoms. The molecule has 7 nitrogen and oxygen atoms in total. The third-order valence-electron chi connectivity index (χ3n) is 3.45. The van der Waals surface area contributed by atoms with Gasteiger partial charge in [-0.25, -0.2) is 0 Å². The lowest BCUT2D eigenvalue weighted by Crippen LogP contribution is -2.05. The molecule has 0 aliphatic rings. The normalized spacial score (nSPS) is 13.6. The molecule has 0 bridgehead atoms. The van der Waals surface area contributed by atoms with Crippen molar-refractivity contribution < 1.29 is 30.7 Å². The molecule has 0 aliphatic heterocycles. The first-order valence-corrected chi connectivity index (χ1v) is 10.6. The number of hydrogen-bond acceptors (Lipinski definition) is 5. The minimum Gasteiger partial charge on any atom is -0.373 e. The Hall–Kier alpha value is -2.30. The Balaban J connectivity index is 2.13. The van der Waals surface area contributed by atoms with Gasteiger partial charge >= 0.3 is 0 Å². The van der Waals surface area contributed by atoms with Crippen molar-refractivity contribution in [1.82, 2.24) is 0 Å². The monoisotopic (exact) mass is 410 g/mol. The van der Waals surface area contributed by atoms with Gasteiger partial charge in [-0.3, -0.25) is 9.11 Å². The fourth-order valence-corrected chi connectivity index (χ4v) is 3.71. The molecule has 0 aliphatic carbocycles. The van der Waals surface area contributed by atoms with E-state index in [1.54, 1.807) is 36.4 Å². The van der Waals surface area contributed by atoms with Crippen molar-refractivity contribution in [2.75, 3.05) is 13.2 Å². The molecule has 0 fully saturated rings. The van der Waals surface area contributed by atoms with Gasteiger partial charge in [0.25, 0.3) is 20.2 Å². The fraction of sp³-hybridized carbons (Fsp3) is 0.111. The average molecular weight is 410 g/mol. The molecule has 0 heterocycles. The molecule has 0 radical (unpaired) electrons. The van der Waals surface area contributed by atoms with Gasteiger partial charge in [0.15, 0.2) is 0 Å². The summed E-state index contributed by atoms with van der Waals surface area (Å²) in [5.41, 5.74) is 0.587. The van der Waals surface area contributed by atoms with Crippen LogP contribution in [0.2, 0.25) is 0 Å². The largest absolute Gasteiger partial charge is 0.373 e. The molecule has 0 saturated carbocycles. The van der Waals surface area contributed by atoms with Gasteiger partial charge in [0.05, 0.1) is 23.0 Å². The number of rotatable bonds is 8. The molecule has 0 amide bonds. The second kappa shape index (κ2) is 9.07. The van der Waals surface area contributed by atoms with Crippen LogP contribution in [0.4, 0.5) is 0 Å². The van der Waals surface area contributed by atoms with Crippen molar-refractivity contribution in [3.8, 4) is 0 Å². The number of benzene rings is 2. The lowest BCUT2D eigenvalue weighted by molar-refractivity contribution is 0.194. The Morgan fingerprint density at radius 2 is 1.04 bits per heavy atom. The van der Waals surface area contributed by atoms with Gasteiger partial charge in [0.2, 0.25) is 0 Å². The molecule has 2 aromatic carbocycles. The predicted molar refractivity (Wildman–Crippen MR) is 103 cm³/mol. The molecule has 2 rings (SSSR count). The standard InChI is InChI=1S/C18H18O7S2/c19-26(20,21)17(15-7-3-1-4-8-15)11-13-25-14-12-18(27(22,23)24)16-9-5-2-6-10-16/h1-12H,13-14H2,(H,19,20,21)(H,22,23,24). The van der Waals surface area contributed by atoms with Gasteiger partial charge in [-0.1, -0.05) is 60.7 Å². The maximum absolute atomic E-state index is 11.5. The maximum atomic E-state index is 11.5. The van der Waals surface area contributed by atoms with Crippen LogP contribution in [-0.2, 0) is 25.0 Å². The highest BCUT2D eigenvalue weighted by Gasteiger charge is 2.16. The van der Waals surface area contributed by atoms with Crippen LogP contribution in [0, 0.1) is 0 Å². The van der Waals surface area contributed by atoms with Crippen LogP contribution in [0.25, 0.3) is 9.81 Å². The highest BCUT2D eigenvalue weighted by Crippen LogP contribution is 2.21. The van der Waals surface area contributed by atoms with Crippen LogP contribution in [0.15, 0.2) is 72.8 Å². The molecule has 0 unspecified atom stereocenters. The summed E-state index contributed by atoms with van der Waals surface area (Å²) in [6.07, 6.45) is 2.35. The summed E-state index contributed by atoms with van der Waals surface area (Å²) in [7, 11) is -8.92. The van der Waals surface area contributed by atoms with Gasteiger partial charge in [-0.2, -0.15) is 16.8 Å². The molecular formula is C18H18O7S2. The van der Waals surface area contributed by atoms with E-state index in [9.17, 15) is 25.9 Å². The molecular weight excluding hydrogens is 392 g/mol. The van der Waals surface area contributed by atoms with E-state index in [0.29, 0.717) is 11.1 Å². The van der Waals surface area contributed by atoms with Crippen LogP contribution in [0.3, 0.4) is 0 Å². The third kappa shape index (κ3) is 6.42. The Bertz CT molecular complexity index is 938. The van der Waals surface area contributed by atoms with Gasteiger partial charge < -0.3 is 4.74 Å². The average Bonchev–Trinajstić information content (AvgIpc) is 2.60. The summed E-state index contributed by atoms with van der Waals surface area (Å²) in [5, 5.41) is 0. The minimum absolute atomic E-state index is 0.200. The van der Waals surface area contributed by atoms with E-state index in [0.717, 1.165) is 0 Å². The van der Waals surface area contributed by atoms with Crippen LogP contribution >= 0.6 is 0 Å². The molecule has 2 N–H and O–H groups in total. The number of hydrogen-bond donors (Lipinski definition) is 2. The van der Waals surface area contributed by atoms with E-state index in [-0.39, 0.29) is 23.0 Å². The van der Waals surface area contributed by atoms with Crippen LogP contribution in [0.5, 0.6) is 0 Å². The fourth-order valence-electron chi connectivity index (χ4n) is 2.29. The quantitative estimate of drug-likeness (QED) is 0.507. The Morgan fingerprint density at radius 3 is 1.33 bits per heavy atom. The van der Waals surface area contributed by atoms with Crippen LogP contribution in [-0.4, -0.2) is 39.2 Å². The molecule has 0 spiro atoms. The van der Waals surface area contributed by atoms with Crippen molar-refractivity contribution >= 4 is 30.0 Å². The Labute approximate surface area is 158 Å². The van der Waals surface area contributed by atoms with Gasteiger partial charge in [-0.05, 0) is 23.3 Å². The van der Waals surface area contributed by atoms with E-state index in [1.807, 2.05) is 0 Å². The summed E-state index contributed by atoms with van der Waals surface area (Å²) < 4.78 is 70.0. The van der Waals surface area contributed by atoms with Gasteiger partial charge in [-0.15, -0.1) is 0 Å².